The topological polar surface area (TPSA) is 76.7 Å². The molecule has 0 bridgehead atoms. The van der Waals surface area contributed by atoms with E-state index in [-0.39, 0.29) is 17.9 Å². The van der Waals surface area contributed by atoms with E-state index >= 15 is 0 Å². The van der Waals surface area contributed by atoms with E-state index in [4.69, 9.17) is 9.47 Å². The molecule has 6 heteroatoms. The number of carbonyl (C=O) groups excluding carboxylic acids is 2. The highest BCUT2D eigenvalue weighted by Gasteiger charge is 2.23. The second-order valence-corrected chi connectivity index (χ2v) is 7.04. The molecular weight excluding hydrogens is 368 g/mol. The molecule has 29 heavy (non-hydrogen) atoms. The smallest absolute Gasteiger partial charge is 0.251 e. The summed E-state index contributed by atoms with van der Waals surface area (Å²) in [6.07, 6.45) is 5.30. The van der Waals surface area contributed by atoms with E-state index in [1.54, 1.807) is 32.4 Å². The van der Waals surface area contributed by atoms with Crippen molar-refractivity contribution in [2.24, 2.45) is 0 Å². The van der Waals surface area contributed by atoms with Crippen molar-refractivity contribution in [2.75, 3.05) is 14.2 Å². The zero-order valence-electron chi connectivity index (χ0n) is 16.9. The van der Waals surface area contributed by atoms with E-state index in [0.29, 0.717) is 23.1 Å². The number of benzene rings is 2. The Bertz CT molecular complexity index is 902. The van der Waals surface area contributed by atoms with Crippen LogP contribution in [0.15, 0.2) is 48.5 Å². The third kappa shape index (κ3) is 5.60. The zero-order chi connectivity index (χ0) is 20.8. The minimum Gasteiger partial charge on any atom is -0.497 e. The Morgan fingerprint density at radius 1 is 1.07 bits per heavy atom. The van der Waals surface area contributed by atoms with Crippen LogP contribution in [0.25, 0.3) is 6.08 Å². The van der Waals surface area contributed by atoms with E-state index in [1.807, 2.05) is 37.3 Å². The van der Waals surface area contributed by atoms with Crippen molar-refractivity contribution >= 4 is 17.9 Å². The molecule has 1 atom stereocenters. The van der Waals surface area contributed by atoms with Crippen LogP contribution >= 0.6 is 0 Å². The highest BCUT2D eigenvalue weighted by molar-refractivity contribution is 5.95. The fourth-order valence-electron chi connectivity index (χ4n) is 2.93. The molecule has 0 aliphatic heterocycles. The number of nitrogens with one attached hydrogen (secondary N) is 2. The first kappa shape index (κ1) is 20.5. The molecule has 1 aliphatic carbocycles. The molecule has 0 spiro atoms. The summed E-state index contributed by atoms with van der Waals surface area (Å²) in [5.74, 6) is 1.10. The summed E-state index contributed by atoms with van der Waals surface area (Å²) in [4.78, 5) is 24.3. The van der Waals surface area contributed by atoms with E-state index in [2.05, 4.69) is 10.6 Å². The van der Waals surface area contributed by atoms with Gasteiger partial charge < -0.3 is 20.1 Å². The Morgan fingerprint density at radius 2 is 1.79 bits per heavy atom. The van der Waals surface area contributed by atoms with Crippen LogP contribution in [0, 0.1) is 0 Å². The molecule has 1 aliphatic rings. The number of amides is 2. The van der Waals surface area contributed by atoms with Gasteiger partial charge in [-0.1, -0.05) is 12.1 Å². The van der Waals surface area contributed by atoms with E-state index in [9.17, 15) is 9.59 Å². The first-order valence-electron chi connectivity index (χ1n) is 9.61. The van der Waals surface area contributed by atoms with Gasteiger partial charge in [0.15, 0.2) is 0 Å². The second kappa shape index (κ2) is 9.28. The second-order valence-electron chi connectivity index (χ2n) is 7.04. The molecule has 2 amide bonds. The van der Waals surface area contributed by atoms with Gasteiger partial charge in [0.05, 0.1) is 20.3 Å². The van der Waals surface area contributed by atoms with Crippen LogP contribution in [-0.2, 0) is 4.79 Å². The Kier molecular flexibility index (Phi) is 6.54. The summed E-state index contributed by atoms with van der Waals surface area (Å²) in [6, 6.07) is 12.7. The highest BCUT2D eigenvalue weighted by Crippen LogP contribution is 2.29. The van der Waals surface area contributed by atoms with Gasteiger partial charge >= 0.3 is 0 Å². The number of hydrogen-bond acceptors (Lipinski definition) is 4. The van der Waals surface area contributed by atoms with E-state index in [0.717, 1.165) is 24.0 Å². The number of rotatable bonds is 8. The fraction of sp³-hybridized carbons (Fsp3) is 0.304. The number of hydrogen-bond donors (Lipinski definition) is 2. The molecule has 2 aromatic rings. The van der Waals surface area contributed by atoms with Crippen LogP contribution in [0.4, 0.5) is 0 Å². The summed E-state index contributed by atoms with van der Waals surface area (Å²) in [6.45, 7) is 1.89. The summed E-state index contributed by atoms with van der Waals surface area (Å²) in [7, 11) is 3.19. The Labute approximate surface area is 170 Å². The van der Waals surface area contributed by atoms with Crippen LogP contribution in [0.3, 0.4) is 0 Å². The molecular formula is C23H26N2O4. The number of ether oxygens (including phenoxy) is 2. The van der Waals surface area contributed by atoms with Crippen molar-refractivity contribution in [2.45, 2.75) is 31.8 Å². The van der Waals surface area contributed by atoms with E-state index < -0.39 is 0 Å². The summed E-state index contributed by atoms with van der Waals surface area (Å²) < 4.78 is 10.6. The lowest BCUT2D eigenvalue weighted by Gasteiger charge is -2.17. The lowest BCUT2D eigenvalue weighted by atomic mass is 10.1. The SMILES string of the molecule is COc1ccc(OC)c(C(C)NC(=O)/C=C/c2ccc(C(=O)NC3CC3)cc2)c1. The monoisotopic (exact) mass is 394 g/mol. The molecule has 1 saturated carbocycles. The quantitative estimate of drug-likeness (QED) is 0.672. The Hall–Kier alpha value is -3.28. The Morgan fingerprint density at radius 3 is 2.41 bits per heavy atom. The first-order chi connectivity index (χ1) is 14.0. The minimum atomic E-state index is -0.259. The molecule has 6 nitrogen and oxygen atoms in total. The maximum Gasteiger partial charge on any atom is 0.251 e. The van der Waals surface area contributed by atoms with Gasteiger partial charge in [-0.15, -0.1) is 0 Å². The lowest BCUT2D eigenvalue weighted by molar-refractivity contribution is -0.117. The van der Waals surface area contributed by atoms with Crippen LogP contribution in [0.2, 0.25) is 0 Å². The number of methoxy groups -OCH3 is 2. The van der Waals surface area contributed by atoms with Crippen molar-refractivity contribution in [3.05, 3.63) is 65.2 Å². The van der Waals surface area contributed by atoms with Gasteiger partial charge in [-0.2, -0.15) is 0 Å². The minimum absolute atomic E-state index is 0.0539. The maximum atomic E-state index is 12.3. The van der Waals surface area contributed by atoms with Crippen LogP contribution < -0.4 is 20.1 Å². The maximum absolute atomic E-state index is 12.3. The van der Waals surface area contributed by atoms with Crippen molar-refractivity contribution in [1.29, 1.82) is 0 Å². The molecule has 0 radical (unpaired) electrons. The molecule has 2 aromatic carbocycles. The highest BCUT2D eigenvalue weighted by atomic mass is 16.5. The van der Waals surface area contributed by atoms with Gasteiger partial charge in [0.2, 0.25) is 5.91 Å². The molecule has 3 rings (SSSR count). The van der Waals surface area contributed by atoms with Crippen molar-refractivity contribution in [3.8, 4) is 11.5 Å². The van der Waals surface area contributed by atoms with Crippen LogP contribution in [-0.4, -0.2) is 32.1 Å². The predicted molar refractivity (Wildman–Crippen MR) is 112 cm³/mol. The third-order valence-electron chi connectivity index (χ3n) is 4.77. The summed E-state index contributed by atoms with van der Waals surface area (Å²) in [5.41, 5.74) is 2.30. The molecule has 1 fully saturated rings. The van der Waals surface area contributed by atoms with Crippen molar-refractivity contribution in [3.63, 3.8) is 0 Å². The first-order valence-corrected chi connectivity index (χ1v) is 9.61. The average molecular weight is 394 g/mol. The lowest BCUT2D eigenvalue weighted by Crippen LogP contribution is -2.25. The third-order valence-corrected chi connectivity index (χ3v) is 4.77. The largest absolute Gasteiger partial charge is 0.497 e. The molecule has 0 aromatic heterocycles. The normalized spacial score (nSPS) is 14.3. The zero-order valence-corrected chi connectivity index (χ0v) is 16.9. The summed E-state index contributed by atoms with van der Waals surface area (Å²) in [5, 5.41) is 5.88. The van der Waals surface area contributed by atoms with E-state index in [1.165, 1.54) is 6.08 Å². The van der Waals surface area contributed by atoms with Gasteiger partial charge in [-0.05, 0) is 61.7 Å². The van der Waals surface area contributed by atoms with Gasteiger partial charge in [-0.25, -0.2) is 0 Å². The predicted octanol–water partition coefficient (Wildman–Crippen LogP) is 3.49. The number of carbonyl (C=O) groups is 2. The van der Waals surface area contributed by atoms with Crippen molar-refractivity contribution < 1.29 is 19.1 Å². The molecule has 0 heterocycles. The van der Waals surface area contributed by atoms with Gasteiger partial charge in [-0.3, -0.25) is 9.59 Å². The summed E-state index contributed by atoms with van der Waals surface area (Å²) >= 11 is 0. The molecule has 0 saturated heterocycles. The standard InChI is InChI=1S/C23H26N2O4/c1-15(20-14-19(28-2)11-12-21(20)29-3)24-22(26)13-6-16-4-7-17(8-5-16)23(27)25-18-9-10-18/h4-8,11-15,18H,9-10H2,1-3H3,(H,24,26)(H,25,27)/b13-6+. The van der Waals surface area contributed by atoms with Gasteiger partial charge in [0.25, 0.3) is 5.91 Å². The Balaban J connectivity index is 1.59. The van der Waals surface area contributed by atoms with Gasteiger partial charge in [0, 0.05) is 23.2 Å². The van der Waals surface area contributed by atoms with Crippen LogP contribution in [0.5, 0.6) is 11.5 Å². The fourth-order valence-corrected chi connectivity index (χ4v) is 2.93. The average Bonchev–Trinajstić information content (AvgIpc) is 3.56. The van der Waals surface area contributed by atoms with Crippen LogP contribution in [0.1, 0.15) is 47.3 Å². The van der Waals surface area contributed by atoms with Gasteiger partial charge in [0.1, 0.15) is 11.5 Å². The molecule has 152 valence electrons. The molecule has 1 unspecified atom stereocenters. The molecule has 2 N–H and O–H groups in total. The van der Waals surface area contributed by atoms with Crippen molar-refractivity contribution in [1.82, 2.24) is 10.6 Å².